The van der Waals surface area contributed by atoms with Crippen molar-refractivity contribution in [3.8, 4) is 11.5 Å². The molecule has 7 nitrogen and oxygen atoms in total. The summed E-state index contributed by atoms with van der Waals surface area (Å²) in [6.45, 7) is 4.31. The van der Waals surface area contributed by atoms with Crippen molar-refractivity contribution in [2.45, 2.75) is 19.1 Å². The van der Waals surface area contributed by atoms with E-state index in [1.807, 2.05) is 11.0 Å². The Kier molecular flexibility index (Phi) is 3.40. The van der Waals surface area contributed by atoms with Crippen LogP contribution >= 0.6 is 0 Å². The van der Waals surface area contributed by atoms with Gasteiger partial charge in [-0.05, 0) is 26.0 Å². The summed E-state index contributed by atoms with van der Waals surface area (Å²) in [5, 5.41) is 3.38. The molecule has 1 aliphatic rings. The lowest BCUT2D eigenvalue weighted by molar-refractivity contribution is 0.425. The minimum Gasteiger partial charge on any atom is -0.354 e. The summed E-state index contributed by atoms with van der Waals surface area (Å²) < 4.78 is 28.9. The molecule has 0 bridgehead atoms. The molecule has 1 fully saturated rings. The first-order chi connectivity index (χ1) is 9.97. The molecule has 1 atom stereocenters. The summed E-state index contributed by atoms with van der Waals surface area (Å²) in [5.74, 6) is 1.77. The second-order valence-corrected chi connectivity index (χ2v) is 7.68. The van der Waals surface area contributed by atoms with Crippen LogP contribution in [0.1, 0.15) is 12.7 Å². The first kappa shape index (κ1) is 14.0. The highest BCUT2D eigenvalue weighted by Gasteiger charge is 2.31. The Hall–Kier alpha value is -1.96. The fourth-order valence-corrected chi connectivity index (χ4v) is 3.65. The minimum absolute atomic E-state index is 0.132. The van der Waals surface area contributed by atoms with E-state index in [0.717, 1.165) is 5.56 Å². The minimum atomic E-state index is -3.00. The van der Waals surface area contributed by atoms with E-state index in [1.54, 1.807) is 26.1 Å². The predicted molar refractivity (Wildman–Crippen MR) is 77.7 cm³/mol. The van der Waals surface area contributed by atoms with Crippen LogP contribution in [-0.4, -0.2) is 47.6 Å². The molecule has 112 valence electrons. The molecular weight excluding hydrogens is 292 g/mol. The SMILES string of the molecule is Cc1noc(-c2cccnc2N2CCS(=O)(=O)[C@H](C)C2)n1. The molecule has 1 saturated heterocycles. The summed E-state index contributed by atoms with van der Waals surface area (Å²) in [6, 6.07) is 3.64. The number of aromatic nitrogens is 3. The number of pyridine rings is 1. The van der Waals surface area contributed by atoms with Crippen molar-refractivity contribution in [2.75, 3.05) is 23.7 Å². The summed E-state index contributed by atoms with van der Waals surface area (Å²) >= 11 is 0. The van der Waals surface area contributed by atoms with Gasteiger partial charge in [0.25, 0.3) is 5.89 Å². The fourth-order valence-electron chi connectivity index (χ4n) is 2.37. The molecule has 3 heterocycles. The molecule has 0 N–H and O–H groups in total. The second kappa shape index (κ2) is 5.10. The van der Waals surface area contributed by atoms with Crippen LogP contribution in [0.15, 0.2) is 22.9 Å². The van der Waals surface area contributed by atoms with Crippen molar-refractivity contribution in [3.05, 3.63) is 24.2 Å². The van der Waals surface area contributed by atoms with Gasteiger partial charge in [0.1, 0.15) is 5.82 Å². The van der Waals surface area contributed by atoms with E-state index in [1.165, 1.54) is 0 Å². The Balaban J connectivity index is 1.97. The lowest BCUT2D eigenvalue weighted by atomic mass is 10.2. The van der Waals surface area contributed by atoms with Crippen molar-refractivity contribution in [1.82, 2.24) is 15.1 Å². The number of nitrogens with zero attached hydrogens (tertiary/aromatic N) is 4. The molecule has 2 aromatic heterocycles. The Bertz CT molecular complexity index is 756. The van der Waals surface area contributed by atoms with Crippen molar-refractivity contribution in [1.29, 1.82) is 0 Å². The van der Waals surface area contributed by atoms with E-state index < -0.39 is 15.1 Å². The van der Waals surface area contributed by atoms with E-state index in [-0.39, 0.29) is 5.75 Å². The lowest BCUT2D eigenvalue weighted by Crippen LogP contribution is -2.46. The monoisotopic (exact) mass is 308 g/mol. The van der Waals surface area contributed by atoms with Crippen LogP contribution in [0.3, 0.4) is 0 Å². The first-order valence-corrected chi connectivity index (χ1v) is 8.41. The van der Waals surface area contributed by atoms with Crippen LogP contribution in [0.4, 0.5) is 5.82 Å². The zero-order valence-corrected chi connectivity index (χ0v) is 12.7. The number of hydrogen-bond acceptors (Lipinski definition) is 7. The highest BCUT2D eigenvalue weighted by atomic mass is 32.2. The number of hydrogen-bond donors (Lipinski definition) is 0. The standard InChI is InChI=1S/C13H16N4O3S/c1-9-8-17(6-7-21(9,18)19)12-11(4-3-5-14-12)13-15-10(2)16-20-13/h3-5,9H,6-8H2,1-2H3/t9-/m1/s1. The van der Waals surface area contributed by atoms with Crippen LogP contribution in [0.25, 0.3) is 11.5 Å². The number of aryl methyl sites for hydroxylation is 1. The molecule has 8 heteroatoms. The topological polar surface area (TPSA) is 89.2 Å². The van der Waals surface area contributed by atoms with Gasteiger partial charge in [-0.25, -0.2) is 13.4 Å². The smallest absolute Gasteiger partial charge is 0.261 e. The summed E-state index contributed by atoms with van der Waals surface area (Å²) in [5.41, 5.74) is 0.726. The lowest BCUT2D eigenvalue weighted by Gasteiger charge is -2.32. The van der Waals surface area contributed by atoms with Gasteiger partial charge in [0.2, 0.25) is 0 Å². The largest absolute Gasteiger partial charge is 0.354 e. The van der Waals surface area contributed by atoms with Crippen LogP contribution in [0.5, 0.6) is 0 Å². The summed E-state index contributed by atoms with van der Waals surface area (Å²) in [4.78, 5) is 10.6. The zero-order chi connectivity index (χ0) is 15.0. The molecule has 0 unspecified atom stereocenters. The van der Waals surface area contributed by atoms with Gasteiger partial charge in [0, 0.05) is 19.3 Å². The van der Waals surface area contributed by atoms with Crippen molar-refractivity contribution in [2.24, 2.45) is 0 Å². The van der Waals surface area contributed by atoms with Gasteiger partial charge in [0.15, 0.2) is 15.7 Å². The van der Waals surface area contributed by atoms with E-state index in [9.17, 15) is 8.42 Å². The molecule has 1 aliphatic heterocycles. The molecule has 21 heavy (non-hydrogen) atoms. The van der Waals surface area contributed by atoms with Crippen LogP contribution in [-0.2, 0) is 9.84 Å². The molecular formula is C13H16N4O3S. The zero-order valence-electron chi connectivity index (χ0n) is 11.9. The van der Waals surface area contributed by atoms with Crippen molar-refractivity contribution >= 4 is 15.7 Å². The highest BCUT2D eigenvalue weighted by Crippen LogP contribution is 2.29. The molecule has 0 radical (unpaired) electrons. The Morgan fingerprint density at radius 1 is 1.43 bits per heavy atom. The maximum Gasteiger partial charge on any atom is 0.261 e. The van der Waals surface area contributed by atoms with Gasteiger partial charge in [-0.2, -0.15) is 4.98 Å². The Morgan fingerprint density at radius 3 is 2.90 bits per heavy atom. The third-order valence-electron chi connectivity index (χ3n) is 3.58. The van der Waals surface area contributed by atoms with Gasteiger partial charge in [0.05, 0.1) is 16.6 Å². The third-order valence-corrected chi connectivity index (χ3v) is 5.71. The van der Waals surface area contributed by atoms with Crippen LogP contribution in [0.2, 0.25) is 0 Å². The fraction of sp³-hybridized carbons (Fsp3) is 0.462. The van der Waals surface area contributed by atoms with E-state index >= 15 is 0 Å². The summed E-state index contributed by atoms with van der Waals surface area (Å²) in [6.07, 6.45) is 1.68. The van der Waals surface area contributed by atoms with Gasteiger partial charge < -0.3 is 9.42 Å². The number of sulfone groups is 1. The molecule has 2 aromatic rings. The quantitative estimate of drug-likeness (QED) is 0.819. The Morgan fingerprint density at radius 2 is 2.24 bits per heavy atom. The predicted octanol–water partition coefficient (Wildman–Crippen LogP) is 1.06. The van der Waals surface area contributed by atoms with Gasteiger partial charge >= 0.3 is 0 Å². The average Bonchev–Trinajstić information content (AvgIpc) is 2.88. The third kappa shape index (κ3) is 2.63. The van der Waals surface area contributed by atoms with E-state index in [2.05, 4.69) is 15.1 Å². The average molecular weight is 308 g/mol. The first-order valence-electron chi connectivity index (χ1n) is 6.69. The number of anilines is 1. The maximum atomic E-state index is 11.8. The van der Waals surface area contributed by atoms with Gasteiger partial charge in [-0.1, -0.05) is 5.16 Å². The molecule has 0 aliphatic carbocycles. The maximum absolute atomic E-state index is 11.8. The van der Waals surface area contributed by atoms with Crippen molar-refractivity contribution in [3.63, 3.8) is 0 Å². The molecule has 3 rings (SSSR count). The van der Waals surface area contributed by atoms with Crippen LogP contribution in [0, 0.1) is 6.92 Å². The summed E-state index contributed by atoms with van der Waals surface area (Å²) in [7, 11) is -3.00. The highest BCUT2D eigenvalue weighted by molar-refractivity contribution is 7.92. The van der Waals surface area contributed by atoms with E-state index in [0.29, 0.717) is 30.6 Å². The normalized spacial score (nSPS) is 21.4. The molecule has 0 saturated carbocycles. The molecule has 0 spiro atoms. The number of rotatable bonds is 2. The van der Waals surface area contributed by atoms with E-state index in [4.69, 9.17) is 4.52 Å². The molecule has 0 aromatic carbocycles. The van der Waals surface area contributed by atoms with Gasteiger partial charge in [-0.15, -0.1) is 0 Å². The second-order valence-electron chi connectivity index (χ2n) is 5.14. The Labute approximate surface area is 122 Å². The van der Waals surface area contributed by atoms with Gasteiger partial charge in [-0.3, -0.25) is 0 Å². The van der Waals surface area contributed by atoms with Crippen LogP contribution < -0.4 is 4.90 Å². The molecule has 0 amide bonds. The van der Waals surface area contributed by atoms with Crippen molar-refractivity contribution < 1.29 is 12.9 Å².